The molecule has 0 amide bonds. The molecule has 1 aromatic heterocycles. The zero-order valence-corrected chi connectivity index (χ0v) is 16.0. The third-order valence-corrected chi connectivity index (χ3v) is 7.11. The van der Waals surface area contributed by atoms with Crippen molar-refractivity contribution in [2.24, 2.45) is 0 Å². The van der Waals surface area contributed by atoms with Crippen molar-refractivity contribution in [1.29, 1.82) is 0 Å². The fourth-order valence-corrected chi connectivity index (χ4v) is 5.21. The van der Waals surface area contributed by atoms with Crippen LogP contribution in [-0.4, -0.2) is 20.1 Å². The first-order valence-corrected chi connectivity index (χ1v) is 10.3. The van der Waals surface area contributed by atoms with E-state index in [9.17, 15) is 13.5 Å². The van der Waals surface area contributed by atoms with Gasteiger partial charge in [-0.3, -0.25) is 0 Å². The maximum absolute atomic E-state index is 12.6. The molecule has 132 valence electrons. The van der Waals surface area contributed by atoms with Crippen LogP contribution in [0, 0.1) is 13.8 Å². The molecule has 0 aliphatic carbocycles. The van der Waals surface area contributed by atoms with Crippen LogP contribution in [0.4, 0.5) is 0 Å². The van der Waals surface area contributed by atoms with Crippen molar-refractivity contribution in [2.75, 3.05) is 6.54 Å². The van der Waals surface area contributed by atoms with Gasteiger partial charge in [0, 0.05) is 16.1 Å². The van der Waals surface area contributed by atoms with E-state index in [1.807, 2.05) is 43.3 Å². The molecule has 3 rings (SSSR count). The Hall–Kier alpha value is -1.73. The second-order valence-electron chi connectivity index (χ2n) is 6.52. The molecule has 0 saturated carbocycles. The second kappa shape index (κ2) is 6.53. The number of hydrogen-bond donors (Lipinski definition) is 2. The Labute approximate surface area is 152 Å². The average Bonchev–Trinajstić information content (AvgIpc) is 2.98. The minimum absolute atomic E-state index is 0.0878. The van der Waals surface area contributed by atoms with Crippen molar-refractivity contribution in [3.63, 3.8) is 0 Å². The van der Waals surface area contributed by atoms with Crippen LogP contribution in [0.5, 0.6) is 0 Å². The van der Waals surface area contributed by atoms with Gasteiger partial charge in [-0.2, -0.15) is 0 Å². The Morgan fingerprint density at radius 3 is 2.52 bits per heavy atom. The fourth-order valence-electron chi connectivity index (χ4n) is 2.75. The van der Waals surface area contributed by atoms with Gasteiger partial charge < -0.3 is 5.11 Å². The van der Waals surface area contributed by atoms with Crippen molar-refractivity contribution >= 4 is 31.4 Å². The normalized spacial score (nSPS) is 14.6. The van der Waals surface area contributed by atoms with Crippen molar-refractivity contribution in [2.45, 2.75) is 31.3 Å². The van der Waals surface area contributed by atoms with Gasteiger partial charge in [-0.05, 0) is 49.9 Å². The first-order valence-electron chi connectivity index (χ1n) is 7.97. The van der Waals surface area contributed by atoms with E-state index in [0.717, 1.165) is 20.5 Å². The highest BCUT2D eigenvalue weighted by atomic mass is 32.2. The number of hydrogen-bond acceptors (Lipinski definition) is 4. The van der Waals surface area contributed by atoms with Crippen LogP contribution in [0.2, 0.25) is 0 Å². The highest BCUT2D eigenvalue weighted by Gasteiger charge is 2.28. The van der Waals surface area contributed by atoms with Crippen LogP contribution < -0.4 is 4.72 Å². The summed E-state index contributed by atoms with van der Waals surface area (Å²) in [7, 11) is -3.68. The Bertz CT molecular complexity index is 987. The third-order valence-electron chi connectivity index (χ3n) is 4.18. The zero-order valence-electron chi connectivity index (χ0n) is 14.4. The molecule has 0 aliphatic heterocycles. The second-order valence-corrected chi connectivity index (χ2v) is 9.33. The molecular formula is C19H21NO3S2. The lowest BCUT2D eigenvalue weighted by Crippen LogP contribution is -2.38. The Morgan fingerprint density at radius 1 is 1.12 bits per heavy atom. The molecule has 1 heterocycles. The molecule has 0 radical (unpaired) electrons. The Morgan fingerprint density at radius 2 is 1.84 bits per heavy atom. The third kappa shape index (κ3) is 3.77. The van der Waals surface area contributed by atoms with Gasteiger partial charge in [0.1, 0.15) is 5.60 Å². The summed E-state index contributed by atoms with van der Waals surface area (Å²) in [6.07, 6.45) is 0. The van der Waals surface area contributed by atoms with Crippen molar-refractivity contribution in [3.05, 3.63) is 64.5 Å². The lowest BCUT2D eigenvalue weighted by molar-refractivity contribution is 0.0666. The Kier molecular flexibility index (Phi) is 4.72. The van der Waals surface area contributed by atoms with Crippen LogP contribution in [0.25, 0.3) is 10.1 Å². The maximum Gasteiger partial charge on any atom is 0.240 e. The molecule has 6 heteroatoms. The van der Waals surface area contributed by atoms with Crippen molar-refractivity contribution in [3.8, 4) is 0 Å². The topological polar surface area (TPSA) is 66.4 Å². The highest BCUT2D eigenvalue weighted by molar-refractivity contribution is 7.89. The summed E-state index contributed by atoms with van der Waals surface area (Å²) in [6.45, 7) is 5.23. The molecule has 0 spiro atoms. The van der Waals surface area contributed by atoms with Gasteiger partial charge in [0.15, 0.2) is 0 Å². The molecule has 0 fully saturated rings. The van der Waals surface area contributed by atoms with E-state index in [2.05, 4.69) is 4.72 Å². The van der Waals surface area contributed by atoms with Crippen LogP contribution in [-0.2, 0) is 15.6 Å². The first kappa shape index (κ1) is 18.1. The van der Waals surface area contributed by atoms with E-state index in [1.165, 1.54) is 11.3 Å². The molecule has 2 aromatic carbocycles. The molecule has 2 N–H and O–H groups in total. The van der Waals surface area contributed by atoms with Gasteiger partial charge >= 0.3 is 0 Å². The Balaban J connectivity index is 1.83. The molecule has 3 aromatic rings. The fraction of sp³-hybridized carbons (Fsp3) is 0.263. The van der Waals surface area contributed by atoms with Gasteiger partial charge in [0.25, 0.3) is 0 Å². The molecule has 25 heavy (non-hydrogen) atoms. The van der Waals surface area contributed by atoms with Crippen molar-refractivity contribution in [1.82, 2.24) is 4.72 Å². The van der Waals surface area contributed by atoms with E-state index in [-0.39, 0.29) is 11.4 Å². The van der Waals surface area contributed by atoms with E-state index >= 15 is 0 Å². The summed E-state index contributed by atoms with van der Waals surface area (Å²) in [4.78, 5) is 0.974. The highest BCUT2D eigenvalue weighted by Crippen LogP contribution is 2.33. The van der Waals surface area contributed by atoms with E-state index in [0.29, 0.717) is 5.56 Å². The molecule has 0 bridgehead atoms. The van der Waals surface area contributed by atoms with E-state index in [1.54, 1.807) is 26.0 Å². The number of sulfonamides is 1. The summed E-state index contributed by atoms with van der Waals surface area (Å²) in [5.41, 5.74) is 0.415. The van der Waals surface area contributed by atoms with E-state index < -0.39 is 15.6 Å². The van der Waals surface area contributed by atoms with Gasteiger partial charge in [0.2, 0.25) is 10.0 Å². The molecule has 0 aliphatic rings. The van der Waals surface area contributed by atoms with Gasteiger partial charge in [-0.25, -0.2) is 13.1 Å². The SMILES string of the molecule is Cc1ccc(S(=O)(=O)NCC(C)(O)c2cc3ccccc3s2)c(C)c1. The van der Waals surface area contributed by atoms with Crippen LogP contribution in [0.15, 0.2) is 53.4 Å². The number of rotatable bonds is 5. The molecule has 0 saturated heterocycles. The number of aliphatic hydroxyl groups is 1. The molecular weight excluding hydrogens is 354 g/mol. The van der Waals surface area contributed by atoms with Gasteiger partial charge in [-0.1, -0.05) is 35.9 Å². The summed E-state index contributed by atoms with van der Waals surface area (Å²) < 4.78 is 28.8. The monoisotopic (exact) mass is 375 g/mol. The number of nitrogens with one attached hydrogen (secondary N) is 1. The quantitative estimate of drug-likeness (QED) is 0.714. The largest absolute Gasteiger partial charge is 0.383 e. The average molecular weight is 376 g/mol. The van der Waals surface area contributed by atoms with Crippen molar-refractivity contribution < 1.29 is 13.5 Å². The predicted molar refractivity (Wildman–Crippen MR) is 103 cm³/mol. The zero-order chi connectivity index (χ0) is 18.2. The van der Waals surface area contributed by atoms with Crippen LogP contribution >= 0.6 is 11.3 Å². The molecule has 4 nitrogen and oxygen atoms in total. The lowest BCUT2D eigenvalue weighted by Gasteiger charge is -2.22. The number of benzene rings is 2. The minimum atomic E-state index is -3.68. The number of thiophene rings is 1. The molecule has 1 unspecified atom stereocenters. The molecule has 1 atom stereocenters. The first-order chi connectivity index (χ1) is 11.7. The van der Waals surface area contributed by atoms with Gasteiger partial charge in [-0.15, -0.1) is 11.3 Å². The summed E-state index contributed by atoms with van der Waals surface area (Å²) in [6, 6.07) is 15.0. The summed E-state index contributed by atoms with van der Waals surface area (Å²) in [5.74, 6) is 0. The van der Waals surface area contributed by atoms with E-state index in [4.69, 9.17) is 0 Å². The van der Waals surface area contributed by atoms with Gasteiger partial charge in [0.05, 0.1) is 4.90 Å². The van der Waals surface area contributed by atoms with Crippen LogP contribution in [0.3, 0.4) is 0 Å². The number of aryl methyl sites for hydroxylation is 2. The predicted octanol–water partition coefficient (Wildman–Crippen LogP) is 3.70. The lowest BCUT2D eigenvalue weighted by atomic mass is 10.1. The van der Waals surface area contributed by atoms with Crippen LogP contribution in [0.1, 0.15) is 22.9 Å². The maximum atomic E-state index is 12.6. The minimum Gasteiger partial charge on any atom is -0.383 e. The number of fused-ring (bicyclic) bond motifs is 1. The smallest absolute Gasteiger partial charge is 0.240 e. The summed E-state index contributed by atoms with van der Waals surface area (Å²) >= 11 is 1.47. The standard InChI is InChI=1S/C19H21NO3S2/c1-13-8-9-17(14(2)10-13)25(22,23)20-12-19(3,21)18-11-15-6-4-5-7-16(15)24-18/h4-11,20-21H,12H2,1-3H3. The summed E-state index contributed by atoms with van der Waals surface area (Å²) in [5, 5.41) is 11.8.